The van der Waals surface area contributed by atoms with Crippen LogP contribution in [0.3, 0.4) is 0 Å². The Hall–Kier alpha value is -2.65. The van der Waals surface area contributed by atoms with E-state index in [0.29, 0.717) is 11.6 Å². The zero-order chi connectivity index (χ0) is 19.6. The third-order valence-electron chi connectivity index (χ3n) is 4.09. The number of nitrogens with zero attached hydrogens (tertiary/aromatic N) is 1. The Labute approximate surface area is 154 Å². The molecule has 1 amide bonds. The van der Waals surface area contributed by atoms with Gasteiger partial charge in [-0.2, -0.15) is 4.31 Å². The van der Waals surface area contributed by atoms with Gasteiger partial charge >= 0.3 is 0 Å². The summed E-state index contributed by atoms with van der Waals surface area (Å²) in [5.41, 5.74) is 0.132. The maximum Gasteiger partial charge on any atom is 0.251 e. The Balaban J connectivity index is 1.70. The van der Waals surface area contributed by atoms with Crippen LogP contribution in [0.2, 0.25) is 0 Å². The molecule has 0 aliphatic carbocycles. The van der Waals surface area contributed by atoms with Crippen molar-refractivity contribution >= 4 is 21.6 Å². The van der Waals surface area contributed by atoms with E-state index in [1.165, 1.54) is 18.2 Å². The van der Waals surface area contributed by atoms with Crippen LogP contribution >= 0.6 is 0 Å². The van der Waals surface area contributed by atoms with E-state index in [0.717, 1.165) is 28.6 Å². The van der Waals surface area contributed by atoms with E-state index in [4.69, 9.17) is 0 Å². The molecular formula is C18H15F3N2O3S. The van der Waals surface area contributed by atoms with Crippen molar-refractivity contribution in [3.8, 4) is 0 Å². The fourth-order valence-corrected chi connectivity index (χ4v) is 4.00. The standard InChI is InChI=1S/C18H15F3N2O3S/c19-13-1-4-15(5-2-13)27(25,26)23-9-7-12(8-10-23)18(24)22-17-6-3-14(20)11-16(17)21/h1-7,11H,8-10H2,(H,22,24). The molecule has 0 atom stereocenters. The van der Waals surface area contributed by atoms with E-state index < -0.39 is 33.4 Å². The molecule has 0 saturated carbocycles. The summed E-state index contributed by atoms with van der Waals surface area (Å²) < 4.78 is 65.7. The second-order valence-electron chi connectivity index (χ2n) is 5.87. The van der Waals surface area contributed by atoms with E-state index >= 15 is 0 Å². The Kier molecular flexibility index (Phi) is 5.33. The van der Waals surface area contributed by atoms with E-state index in [1.54, 1.807) is 0 Å². The van der Waals surface area contributed by atoms with Crippen LogP contribution in [0.1, 0.15) is 6.42 Å². The number of anilines is 1. The molecule has 1 heterocycles. The average molecular weight is 396 g/mol. The second-order valence-corrected chi connectivity index (χ2v) is 7.81. The van der Waals surface area contributed by atoms with Gasteiger partial charge in [0, 0.05) is 24.7 Å². The largest absolute Gasteiger partial charge is 0.320 e. The predicted molar refractivity (Wildman–Crippen MR) is 92.8 cm³/mol. The molecule has 0 fully saturated rings. The van der Waals surface area contributed by atoms with Gasteiger partial charge in [-0.05, 0) is 42.8 Å². The highest BCUT2D eigenvalue weighted by Gasteiger charge is 2.27. The number of benzene rings is 2. The number of nitrogens with one attached hydrogen (secondary N) is 1. The maximum atomic E-state index is 13.6. The summed E-state index contributed by atoms with van der Waals surface area (Å²) in [7, 11) is -3.81. The quantitative estimate of drug-likeness (QED) is 0.864. The van der Waals surface area contributed by atoms with Gasteiger partial charge in [0.05, 0.1) is 10.6 Å². The van der Waals surface area contributed by atoms with Crippen molar-refractivity contribution in [3.63, 3.8) is 0 Å². The van der Waals surface area contributed by atoms with Gasteiger partial charge in [0.25, 0.3) is 5.91 Å². The molecule has 2 aromatic carbocycles. The highest BCUT2D eigenvalue weighted by Crippen LogP contribution is 2.22. The second kappa shape index (κ2) is 7.53. The summed E-state index contributed by atoms with van der Waals surface area (Å²) in [6.45, 7) is -0.000768. The molecule has 3 rings (SSSR count). The van der Waals surface area contributed by atoms with Crippen molar-refractivity contribution in [2.75, 3.05) is 18.4 Å². The number of amides is 1. The SMILES string of the molecule is O=C(Nc1ccc(F)cc1F)C1=CCN(S(=O)(=O)c2ccc(F)cc2)CC1. The molecule has 0 unspecified atom stereocenters. The summed E-state index contributed by atoms with van der Waals surface area (Å²) >= 11 is 0. The Morgan fingerprint density at radius 2 is 1.67 bits per heavy atom. The van der Waals surface area contributed by atoms with Crippen LogP contribution in [-0.4, -0.2) is 31.7 Å². The fraction of sp³-hybridized carbons (Fsp3) is 0.167. The number of sulfonamides is 1. The molecule has 1 aliphatic heterocycles. The minimum Gasteiger partial charge on any atom is -0.320 e. The lowest BCUT2D eigenvalue weighted by Crippen LogP contribution is -2.36. The van der Waals surface area contributed by atoms with Gasteiger partial charge in [0.1, 0.15) is 17.5 Å². The van der Waals surface area contributed by atoms with Gasteiger partial charge in [-0.25, -0.2) is 21.6 Å². The van der Waals surface area contributed by atoms with Crippen LogP contribution in [-0.2, 0) is 14.8 Å². The number of carbonyl (C=O) groups excluding carboxylic acids is 1. The molecule has 0 saturated heterocycles. The maximum absolute atomic E-state index is 13.6. The molecule has 2 aromatic rings. The number of halogens is 3. The van der Waals surface area contributed by atoms with Crippen LogP contribution in [0.5, 0.6) is 0 Å². The van der Waals surface area contributed by atoms with Crippen molar-refractivity contribution < 1.29 is 26.4 Å². The first-order chi connectivity index (χ1) is 12.8. The molecule has 0 bridgehead atoms. The van der Waals surface area contributed by atoms with E-state index in [-0.39, 0.29) is 30.1 Å². The van der Waals surface area contributed by atoms with E-state index in [1.807, 2.05) is 0 Å². The summed E-state index contributed by atoms with van der Waals surface area (Å²) in [5, 5.41) is 2.34. The number of hydrogen-bond donors (Lipinski definition) is 1. The van der Waals surface area contributed by atoms with Crippen LogP contribution in [0.4, 0.5) is 18.9 Å². The van der Waals surface area contributed by atoms with Crippen LogP contribution in [0.25, 0.3) is 0 Å². The van der Waals surface area contributed by atoms with Gasteiger partial charge < -0.3 is 5.32 Å². The molecule has 0 spiro atoms. The van der Waals surface area contributed by atoms with Crippen molar-refractivity contribution in [1.29, 1.82) is 0 Å². The fourth-order valence-electron chi connectivity index (χ4n) is 2.62. The monoisotopic (exact) mass is 396 g/mol. The molecule has 1 N–H and O–H groups in total. The van der Waals surface area contributed by atoms with Crippen LogP contribution in [0.15, 0.2) is 59.0 Å². The first-order valence-electron chi connectivity index (χ1n) is 7.98. The smallest absolute Gasteiger partial charge is 0.251 e. The van der Waals surface area contributed by atoms with Crippen molar-refractivity contribution in [3.05, 3.63) is 71.6 Å². The first-order valence-corrected chi connectivity index (χ1v) is 9.42. The van der Waals surface area contributed by atoms with Crippen LogP contribution < -0.4 is 5.32 Å². The highest BCUT2D eigenvalue weighted by molar-refractivity contribution is 7.89. The lowest BCUT2D eigenvalue weighted by atomic mass is 10.1. The van der Waals surface area contributed by atoms with Crippen molar-refractivity contribution in [2.45, 2.75) is 11.3 Å². The van der Waals surface area contributed by atoms with E-state index in [9.17, 15) is 26.4 Å². The summed E-state index contributed by atoms with van der Waals surface area (Å²) in [6, 6.07) is 7.25. The molecule has 0 radical (unpaired) electrons. The minimum absolute atomic E-state index is 0.0430. The molecule has 142 valence electrons. The topological polar surface area (TPSA) is 66.5 Å². The van der Waals surface area contributed by atoms with Gasteiger partial charge in [0.15, 0.2) is 0 Å². The Morgan fingerprint density at radius 3 is 2.26 bits per heavy atom. The summed E-state index contributed by atoms with van der Waals surface area (Å²) in [5.74, 6) is -2.79. The Bertz CT molecular complexity index is 1010. The Morgan fingerprint density at radius 1 is 1.00 bits per heavy atom. The first kappa shape index (κ1) is 19.1. The number of hydrogen-bond acceptors (Lipinski definition) is 3. The lowest BCUT2D eigenvalue weighted by molar-refractivity contribution is -0.113. The van der Waals surface area contributed by atoms with Gasteiger partial charge in [-0.3, -0.25) is 4.79 Å². The number of carbonyl (C=O) groups is 1. The molecule has 1 aliphatic rings. The summed E-state index contributed by atoms with van der Waals surface area (Å²) in [4.78, 5) is 12.2. The average Bonchev–Trinajstić information content (AvgIpc) is 2.64. The van der Waals surface area contributed by atoms with Gasteiger partial charge in [-0.15, -0.1) is 0 Å². The zero-order valence-corrected chi connectivity index (χ0v) is 14.8. The predicted octanol–water partition coefficient (Wildman–Crippen LogP) is 3.06. The molecule has 9 heteroatoms. The summed E-state index contributed by atoms with van der Waals surface area (Å²) in [6.07, 6.45) is 1.55. The van der Waals surface area contributed by atoms with Crippen molar-refractivity contribution in [2.24, 2.45) is 0 Å². The van der Waals surface area contributed by atoms with Crippen LogP contribution in [0, 0.1) is 17.5 Å². The minimum atomic E-state index is -3.81. The number of rotatable bonds is 4. The third-order valence-corrected chi connectivity index (χ3v) is 5.97. The molecule has 27 heavy (non-hydrogen) atoms. The molecule has 5 nitrogen and oxygen atoms in total. The van der Waals surface area contributed by atoms with Gasteiger partial charge in [0.2, 0.25) is 10.0 Å². The van der Waals surface area contributed by atoms with Gasteiger partial charge in [-0.1, -0.05) is 6.08 Å². The third kappa shape index (κ3) is 4.20. The highest BCUT2D eigenvalue weighted by atomic mass is 32.2. The molecule has 0 aromatic heterocycles. The lowest BCUT2D eigenvalue weighted by Gasteiger charge is -2.25. The normalized spacial score (nSPS) is 15.3. The molecular weight excluding hydrogens is 381 g/mol. The van der Waals surface area contributed by atoms with E-state index in [2.05, 4.69) is 5.32 Å². The van der Waals surface area contributed by atoms with Crippen molar-refractivity contribution in [1.82, 2.24) is 4.31 Å². The zero-order valence-electron chi connectivity index (χ0n) is 14.0.